The Morgan fingerprint density at radius 3 is 2.80 bits per heavy atom. The number of nitrogens with zero attached hydrogens (tertiary/aromatic N) is 2. The Labute approximate surface area is 152 Å². The van der Waals surface area contributed by atoms with E-state index in [2.05, 4.69) is 11.6 Å². The van der Waals surface area contributed by atoms with E-state index < -0.39 is 0 Å². The second-order valence-corrected chi connectivity index (χ2v) is 6.37. The predicted molar refractivity (Wildman–Crippen MR) is 98.7 cm³/mol. The maximum atomic E-state index is 11.7. The van der Waals surface area contributed by atoms with E-state index in [-0.39, 0.29) is 12.0 Å². The van der Waals surface area contributed by atoms with Gasteiger partial charge in [-0.3, -0.25) is 4.79 Å². The average molecular weight is 361 g/mol. The predicted octanol–water partition coefficient (Wildman–Crippen LogP) is 3.31. The molecule has 0 aromatic heterocycles. The molecular weight excluding hydrogens is 340 g/mol. The van der Waals surface area contributed by atoms with E-state index >= 15 is 0 Å². The van der Waals surface area contributed by atoms with Crippen LogP contribution in [0.4, 0.5) is 0 Å². The number of rotatable bonds is 4. The molecule has 0 atom stereocenters. The number of fused-ring (bicyclic) bond motifs is 1. The fraction of sp³-hybridized carbons (Fsp3) is 0.368. The molecule has 1 aromatic rings. The number of halogens is 1. The van der Waals surface area contributed by atoms with Gasteiger partial charge in [0.1, 0.15) is 11.3 Å². The van der Waals surface area contributed by atoms with Crippen molar-refractivity contribution in [2.45, 2.75) is 25.4 Å². The molecule has 25 heavy (non-hydrogen) atoms. The van der Waals surface area contributed by atoms with Gasteiger partial charge in [-0.15, -0.1) is 0 Å². The summed E-state index contributed by atoms with van der Waals surface area (Å²) in [5.74, 6) is 1.31. The fourth-order valence-corrected chi connectivity index (χ4v) is 3.32. The number of ether oxygens (including phenoxy) is 2. The molecule has 1 saturated heterocycles. The average Bonchev–Trinajstić information content (AvgIpc) is 2.82. The molecule has 6 heteroatoms. The van der Waals surface area contributed by atoms with E-state index in [0.29, 0.717) is 29.8 Å². The molecule has 1 fully saturated rings. The second-order valence-electron chi connectivity index (χ2n) is 6.02. The van der Waals surface area contributed by atoms with Crippen LogP contribution < -0.4 is 9.47 Å². The first-order valence-electron chi connectivity index (χ1n) is 8.30. The number of hydrogen-bond donors (Lipinski definition) is 0. The number of amides is 1. The quantitative estimate of drug-likeness (QED) is 0.774. The molecule has 132 valence electrons. The van der Waals surface area contributed by atoms with Gasteiger partial charge in [0.2, 0.25) is 5.91 Å². The molecule has 0 N–H and O–H groups in total. The first kappa shape index (κ1) is 17.5. The molecule has 2 heterocycles. The third-order valence-corrected chi connectivity index (χ3v) is 4.77. The molecule has 1 amide bonds. The minimum Gasteiger partial charge on any atom is -0.493 e. The number of benzene rings is 1. The highest BCUT2D eigenvalue weighted by molar-refractivity contribution is 6.69. The summed E-state index contributed by atoms with van der Waals surface area (Å²) in [7, 11) is 1.63. The van der Waals surface area contributed by atoms with Crippen LogP contribution in [0.5, 0.6) is 11.5 Å². The highest BCUT2D eigenvalue weighted by Gasteiger charge is 2.24. The van der Waals surface area contributed by atoms with Crippen molar-refractivity contribution in [1.82, 2.24) is 4.90 Å². The number of hydrogen-bond acceptors (Lipinski definition) is 4. The van der Waals surface area contributed by atoms with Crippen LogP contribution in [0.3, 0.4) is 0 Å². The van der Waals surface area contributed by atoms with Crippen molar-refractivity contribution in [1.29, 1.82) is 0 Å². The smallest absolute Gasteiger partial charge is 0.245 e. The van der Waals surface area contributed by atoms with Gasteiger partial charge in [-0.2, -0.15) is 0 Å². The van der Waals surface area contributed by atoms with E-state index in [1.807, 2.05) is 18.2 Å². The molecule has 1 aromatic carbocycles. The SMILES string of the molecule is C=CC(=O)N1CCC(Oc2cc3c(cc2OC)CC=CN=C3Cl)CC1. The first-order valence-corrected chi connectivity index (χ1v) is 8.67. The molecular formula is C19H21ClN2O3. The molecule has 0 unspecified atom stereocenters. The Morgan fingerprint density at radius 2 is 2.12 bits per heavy atom. The lowest BCUT2D eigenvalue weighted by molar-refractivity contribution is -0.127. The maximum Gasteiger partial charge on any atom is 0.245 e. The summed E-state index contributed by atoms with van der Waals surface area (Å²) in [6, 6.07) is 3.85. The maximum absolute atomic E-state index is 11.7. The third-order valence-electron chi connectivity index (χ3n) is 4.46. The van der Waals surface area contributed by atoms with Crippen molar-refractivity contribution < 1.29 is 14.3 Å². The standard InChI is InChI=1S/C19H21ClN2O3/c1-3-18(23)22-9-6-14(7-10-22)25-17-12-15-13(11-16(17)24-2)5-4-8-21-19(15)20/h3-4,8,11-12,14H,1,5-7,9-10H2,2H3. The third kappa shape index (κ3) is 3.87. The monoisotopic (exact) mass is 360 g/mol. The van der Waals surface area contributed by atoms with Gasteiger partial charge in [0.05, 0.1) is 7.11 Å². The molecule has 3 rings (SSSR count). The van der Waals surface area contributed by atoms with Gasteiger partial charge in [0, 0.05) is 37.7 Å². The van der Waals surface area contributed by atoms with Crippen LogP contribution in [-0.2, 0) is 11.2 Å². The summed E-state index contributed by atoms with van der Waals surface area (Å²) in [5.41, 5.74) is 1.92. The minimum atomic E-state index is -0.0310. The van der Waals surface area contributed by atoms with Crippen LogP contribution in [-0.4, -0.2) is 42.3 Å². The Bertz CT molecular complexity index is 734. The van der Waals surface area contributed by atoms with Crippen molar-refractivity contribution in [2.75, 3.05) is 20.2 Å². The number of aliphatic imine (C=N–C) groups is 1. The van der Waals surface area contributed by atoms with Gasteiger partial charge < -0.3 is 14.4 Å². The summed E-state index contributed by atoms with van der Waals surface area (Å²) < 4.78 is 11.7. The number of allylic oxidation sites excluding steroid dienone is 1. The molecule has 0 radical (unpaired) electrons. The van der Waals surface area contributed by atoms with E-state index in [9.17, 15) is 4.79 Å². The second kappa shape index (κ2) is 7.74. The number of piperidine rings is 1. The summed E-state index contributed by atoms with van der Waals surface area (Å²) >= 11 is 6.28. The van der Waals surface area contributed by atoms with Crippen molar-refractivity contribution in [2.24, 2.45) is 4.99 Å². The summed E-state index contributed by atoms with van der Waals surface area (Å²) in [4.78, 5) is 17.7. The van der Waals surface area contributed by atoms with Crippen LogP contribution in [0.1, 0.15) is 24.0 Å². The number of methoxy groups -OCH3 is 1. The zero-order valence-corrected chi connectivity index (χ0v) is 15.0. The highest BCUT2D eigenvalue weighted by Crippen LogP contribution is 2.34. The number of carbonyl (C=O) groups is 1. The Morgan fingerprint density at radius 1 is 1.36 bits per heavy atom. The normalized spacial score (nSPS) is 17.4. The zero-order valence-electron chi connectivity index (χ0n) is 14.2. The molecule has 5 nitrogen and oxygen atoms in total. The van der Waals surface area contributed by atoms with E-state index in [1.54, 1.807) is 18.2 Å². The molecule has 0 aliphatic carbocycles. The van der Waals surface area contributed by atoms with Gasteiger partial charge in [0.15, 0.2) is 11.5 Å². The van der Waals surface area contributed by atoms with E-state index in [4.69, 9.17) is 21.1 Å². The molecule has 2 aliphatic rings. The van der Waals surface area contributed by atoms with Gasteiger partial charge in [0.25, 0.3) is 0 Å². The lowest BCUT2D eigenvalue weighted by Crippen LogP contribution is -2.41. The van der Waals surface area contributed by atoms with Crippen LogP contribution in [0.2, 0.25) is 0 Å². The Balaban J connectivity index is 1.77. The minimum absolute atomic E-state index is 0.0282. The molecule has 2 aliphatic heterocycles. The Kier molecular flexibility index (Phi) is 5.43. The van der Waals surface area contributed by atoms with Crippen LogP contribution in [0, 0.1) is 0 Å². The molecule has 0 spiro atoms. The van der Waals surface area contributed by atoms with E-state index in [0.717, 1.165) is 30.4 Å². The van der Waals surface area contributed by atoms with Gasteiger partial charge in [-0.1, -0.05) is 24.3 Å². The summed E-state index contributed by atoms with van der Waals surface area (Å²) in [5, 5.41) is 0.447. The van der Waals surface area contributed by atoms with E-state index in [1.165, 1.54) is 6.08 Å². The lowest BCUT2D eigenvalue weighted by Gasteiger charge is -2.32. The van der Waals surface area contributed by atoms with Gasteiger partial charge >= 0.3 is 0 Å². The topological polar surface area (TPSA) is 51.1 Å². The Hall–Kier alpha value is -2.27. The summed E-state index contributed by atoms with van der Waals surface area (Å²) in [6.45, 7) is 4.86. The number of carbonyl (C=O) groups excluding carboxylic acids is 1. The number of likely N-dealkylation sites (tertiary alicyclic amines) is 1. The van der Waals surface area contributed by atoms with Crippen molar-refractivity contribution in [3.05, 3.63) is 48.2 Å². The van der Waals surface area contributed by atoms with Crippen molar-refractivity contribution in [3.63, 3.8) is 0 Å². The molecule has 0 bridgehead atoms. The zero-order chi connectivity index (χ0) is 17.8. The van der Waals surface area contributed by atoms with Gasteiger partial charge in [-0.25, -0.2) is 4.99 Å². The summed E-state index contributed by atoms with van der Waals surface area (Å²) in [6.07, 6.45) is 7.33. The largest absolute Gasteiger partial charge is 0.493 e. The van der Waals surface area contributed by atoms with Crippen LogP contribution >= 0.6 is 11.6 Å². The van der Waals surface area contributed by atoms with Crippen molar-refractivity contribution >= 4 is 22.7 Å². The highest BCUT2D eigenvalue weighted by atomic mass is 35.5. The lowest BCUT2D eigenvalue weighted by atomic mass is 10.0. The van der Waals surface area contributed by atoms with Crippen LogP contribution in [0.25, 0.3) is 0 Å². The van der Waals surface area contributed by atoms with Crippen molar-refractivity contribution in [3.8, 4) is 11.5 Å². The fourth-order valence-electron chi connectivity index (χ4n) is 3.08. The first-order chi connectivity index (χ1) is 12.1. The van der Waals surface area contributed by atoms with Gasteiger partial charge in [-0.05, 0) is 30.2 Å². The molecule has 0 saturated carbocycles. The van der Waals surface area contributed by atoms with Crippen LogP contribution in [0.15, 0.2) is 42.1 Å².